The molecule has 2 aromatic heterocycles. The zero-order valence-corrected chi connectivity index (χ0v) is 21.6. The van der Waals surface area contributed by atoms with Crippen LogP contribution in [0.25, 0.3) is 22.3 Å². The number of methoxy groups -OCH3 is 1. The summed E-state index contributed by atoms with van der Waals surface area (Å²) in [5.74, 6) is 1.43. The van der Waals surface area contributed by atoms with Gasteiger partial charge in [-0.15, -0.1) is 5.10 Å². The van der Waals surface area contributed by atoms with Crippen molar-refractivity contribution in [3.63, 3.8) is 0 Å². The molecule has 192 valence electrons. The molecule has 0 radical (unpaired) electrons. The Kier molecular flexibility index (Phi) is 9.09. The Morgan fingerprint density at radius 1 is 1.25 bits per heavy atom. The SMILES string of the molecule is CC.COc1cc(-c2nc(Nc3ccc4[nH]ncc4c3Cl)n(C)n2)ccc1OCC(=O)NC(C)CO. The van der Waals surface area contributed by atoms with E-state index in [2.05, 4.69) is 30.9 Å². The Morgan fingerprint density at radius 2 is 2.03 bits per heavy atom. The van der Waals surface area contributed by atoms with E-state index in [0.29, 0.717) is 39.5 Å². The van der Waals surface area contributed by atoms with Gasteiger partial charge >= 0.3 is 0 Å². The highest BCUT2D eigenvalue weighted by molar-refractivity contribution is 6.38. The van der Waals surface area contributed by atoms with Gasteiger partial charge in [-0.1, -0.05) is 25.4 Å². The molecule has 2 aromatic carbocycles. The number of rotatable bonds is 9. The van der Waals surface area contributed by atoms with Crippen molar-refractivity contribution in [2.45, 2.75) is 26.8 Å². The number of carbonyl (C=O) groups excluding carboxylic acids is 1. The number of ether oxygens (including phenoxy) is 2. The van der Waals surface area contributed by atoms with Crippen LogP contribution in [0.1, 0.15) is 20.8 Å². The van der Waals surface area contributed by atoms with Crippen LogP contribution in [0.3, 0.4) is 0 Å². The van der Waals surface area contributed by atoms with Crippen molar-refractivity contribution in [1.82, 2.24) is 30.3 Å². The second kappa shape index (κ2) is 12.2. The topological polar surface area (TPSA) is 139 Å². The molecule has 4 N–H and O–H groups in total. The third-order valence-electron chi connectivity index (χ3n) is 5.03. The van der Waals surface area contributed by atoms with Gasteiger partial charge < -0.3 is 25.2 Å². The molecule has 4 aromatic rings. The number of benzene rings is 2. The molecule has 0 aliphatic heterocycles. The number of carbonyl (C=O) groups is 1. The Balaban J connectivity index is 0.00000176. The number of nitrogens with zero attached hydrogens (tertiary/aromatic N) is 4. The first-order chi connectivity index (χ1) is 17.4. The lowest BCUT2D eigenvalue weighted by atomic mass is 10.2. The van der Waals surface area contributed by atoms with E-state index in [1.807, 2.05) is 26.0 Å². The van der Waals surface area contributed by atoms with E-state index in [-0.39, 0.29) is 25.2 Å². The first kappa shape index (κ1) is 26.8. The number of aromatic amines is 1. The number of amides is 1. The van der Waals surface area contributed by atoms with E-state index >= 15 is 0 Å². The summed E-state index contributed by atoms with van der Waals surface area (Å²) in [6.45, 7) is 5.33. The number of aromatic nitrogens is 5. The van der Waals surface area contributed by atoms with Crippen molar-refractivity contribution in [2.24, 2.45) is 7.05 Å². The van der Waals surface area contributed by atoms with E-state index in [9.17, 15) is 4.79 Å². The van der Waals surface area contributed by atoms with Crippen molar-refractivity contribution < 1.29 is 19.4 Å². The highest BCUT2D eigenvalue weighted by atomic mass is 35.5. The molecule has 4 rings (SSSR count). The van der Waals surface area contributed by atoms with E-state index in [1.165, 1.54) is 7.11 Å². The fourth-order valence-electron chi connectivity index (χ4n) is 3.25. The standard InChI is InChI=1S/C22H24ClN7O4.C2H6/c1-12(10-31)25-19(32)11-34-17-7-4-13(8-18(17)33-3)21-27-22(30(2)29-21)26-16-6-5-15-14(20(16)23)9-24-28-15;1-2/h4-9,12,31H,10-11H2,1-3H3,(H,24,28)(H,25,32)(H,26,27,29);1-2H3. The molecule has 0 bridgehead atoms. The predicted octanol–water partition coefficient (Wildman–Crippen LogP) is 3.67. The number of H-pyrrole nitrogens is 1. The minimum absolute atomic E-state index is 0.151. The predicted molar refractivity (Wildman–Crippen MR) is 139 cm³/mol. The van der Waals surface area contributed by atoms with Crippen molar-refractivity contribution in [3.05, 3.63) is 41.6 Å². The lowest BCUT2D eigenvalue weighted by Crippen LogP contribution is -2.38. The fourth-order valence-corrected chi connectivity index (χ4v) is 3.51. The Bertz CT molecular complexity index is 1320. The Hall–Kier alpha value is -3.83. The molecule has 0 fully saturated rings. The van der Waals surface area contributed by atoms with Crippen molar-refractivity contribution >= 4 is 40.0 Å². The van der Waals surface area contributed by atoms with Crippen molar-refractivity contribution in [3.8, 4) is 22.9 Å². The quantitative estimate of drug-likeness (QED) is 0.265. The number of fused-ring (bicyclic) bond motifs is 1. The van der Waals surface area contributed by atoms with Gasteiger partial charge in [0.15, 0.2) is 23.9 Å². The van der Waals surface area contributed by atoms with Crippen LogP contribution in [0.2, 0.25) is 5.02 Å². The van der Waals surface area contributed by atoms with Gasteiger partial charge in [-0.25, -0.2) is 4.68 Å². The average molecular weight is 516 g/mol. The molecule has 0 spiro atoms. The molecule has 11 nitrogen and oxygen atoms in total. The number of aryl methyl sites for hydroxylation is 1. The summed E-state index contributed by atoms with van der Waals surface area (Å²) in [6.07, 6.45) is 1.66. The minimum Gasteiger partial charge on any atom is -0.493 e. The number of nitrogens with one attached hydrogen (secondary N) is 3. The van der Waals surface area contributed by atoms with Gasteiger partial charge in [-0.05, 0) is 37.3 Å². The van der Waals surface area contributed by atoms with Crippen molar-refractivity contribution in [2.75, 3.05) is 25.6 Å². The van der Waals surface area contributed by atoms with Gasteiger partial charge in [0.2, 0.25) is 5.95 Å². The molecule has 1 amide bonds. The van der Waals surface area contributed by atoms with E-state index in [1.54, 1.807) is 43.0 Å². The molecule has 0 aliphatic carbocycles. The molecular weight excluding hydrogens is 486 g/mol. The maximum absolute atomic E-state index is 11.9. The molecule has 0 saturated carbocycles. The van der Waals surface area contributed by atoms with Gasteiger partial charge in [0.25, 0.3) is 5.91 Å². The van der Waals surface area contributed by atoms with Crippen LogP contribution in [-0.4, -0.2) is 62.3 Å². The minimum atomic E-state index is -0.352. The monoisotopic (exact) mass is 515 g/mol. The number of hydrogen-bond donors (Lipinski definition) is 4. The van der Waals surface area contributed by atoms with Crippen LogP contribution in [0.5, 0.6) is 11.5 Å². The van der Waals surface area contributed by atoms with Gasteiger partial charge in [0.1, 0.15) is 0 Å². The van der Waals surface area contributed by atoms with E-state index < -0.39 is 0 Å². The summed E-state index contributed by atoms with van der Waals surface area (Å²) in [7, 11) is 3.27. The van der Waals surface area contributed by atoms with Crippen LogP contribution in [0, 0.1) is 0 Å². The highest BCUT2D eigenvalue weighted by Crippen LogP contribution is 2.34. The summed E-state index contributed by atoms with van der Waals surface area (Å²) >= 11 is 6.50. The Morgan fingerprint density at radius 3 is 2.75 bits per heavy atom. The normalized spacial score (nSPS) is 11.4. The van der Waals surface area contributed by atoms with E-state index in [0.717, 1.165) is 10.9 Å². The molecule has 0 aliphatic rings. The van der Waals surface area contributed by atoms with Gasteiger partial charge in [-0.2, -0.15) is 10.1 Å². The van der Waals surface area contributed by atoms with Crippen molar-refractivity contribution in [1.29, 1.82) is 0 Å². The van der Waals surface area contributed by atoms with E-state index in [4.69, 9.17) is 26.2 Å². The lowest BCUT2D eigenvalue weighted by molar-refractivity contribution is -0.124. The molecule has 1 unspecified atom stereocenters. The maximum Gasteiger partial charge on any atom is 0.258 e. The largest absolute Gasteiger partial charge is 0.493 e. The van der Waals surface area contributed by atoms with Gasteiger partial charge in [0, 0.05) is 24.0 Å². The van der Waals surface area contributed by atoms with Crippen LogP contribution in [0.4, 0.5) is 11.6 Å². The second-order valence-electron chi connectivity index (χ2n) is 7.57. The van der Waals surface area contributed by atoms with Crippen LogP contribution in [0.15, 0.2) is 36.5 Å². The first-order valence-corrected chi connectivity index (χ1v) is 11.8. The molecule has 0 saturated heterocycles. The number of aliphatic hydroxyl groups excluding tert-OH is 1. The summed E-state index contributed by atoms with van der Waals surface area (Å²) in [5, 5.41) is 27.5. The molecule has 2 heterocycles. The maximum atomic E-state index is 11.9. The summed E-state index contributed by atoms with van der Waals surface area (Å²) < 4.78 is 12.6. The number of aliphatic hydroxyl groups is 1. The third kappa shape index (κ3) is 6.04. The number of anilines is 2. The lowest BCUT2D eigenvalue weighted by Gasteiger charge is -2.13. The summed E-state index contributed by atoms with van der Waals surface area (Å²) in [4.78, 5) is 16.5. The number of hydrogen-bond acceptors (Lipinski definition) is 8. The number of halogens is 1. The van der Waals surface area contributed by atoms with Crippen LogP contribution in [-0.2, 0) is 11.8 Å². The van der Waals surface area contributed by atoms with Gasteiger partial charge in [0.05, 0.1) is 36.1 Å². The highest BCUT2D eigenvalue weighted by Gasteiger charge is 2.16. The zero-order chi connectivity index (χ0) is 26.2. The average Bonchev–Trinajstić information content (AvgIpc) is 3.52. The molecule has 1 atom stereocenters. The molecule has 12 heteroatoms. The summed E-state index contributed by atoms with van der Waals surface area (Å²) in [6, 6.07) is 8.55. The third-order valence-corrected chi connectivity index (χ3v) is 5.44. The molecular formula is C24H30ClN7O4. The Labute approximate surface area is 213 Å². The fraction of sp³-hybridized carbons (Fsp3) is 0.333. The van der Waals surface area contributed by atoms with Crippen LogP contribution < -0.4 is 20.1 Å². The summed E-state index contributed by atoms with van der Waals surface area (Å²) in [5.41, 5.74) is 2.21. The zero-order valence-electron chi connectivity index (χ0n) is 20.8. The van der Waals surface area contributed by atoms with Gasteiger partial charge in [-0.3, -0.25) is 9.89 Å². The smallest absolute Gasteiger partial charge is 0.258 e. The second-order valence-corrected chi connectivity index (χ2v) is 7.95. The first-order valence-electron chi connectivity index (χ1n) is 11.4. The van der Waals surface area contributed by atoms with Crippen LogP contribution >= 0.6 is 11.6 Å². The molecule has 36 heavy (non-hydrogen) atoms.